The van der Waals surface area contributed by atoms with Gasteiger partial charge in [-0.15, -0.1) is 0 Å². The summed E-state index contributed by atoms with van der Waals surface area (Å²) in [6.45, 7) is 0.481. The minimum absolute atomic E-state index is 0.401. The lowest BCUT2D eigenvalue weighted by Crippen LogP contribution is -2.06. The Hall–Kier alpha value is -1.43. The maximum absolute atomic E-state index is 12.7. The molecule has 0 bridgehead atoms. The molecule has 6 heteroatoms. The summed E-state index contributed by atoms with van der Waals surface area (Å²) in [6, 6.07) is 5.70. The van der Waals surface area contributed by atoms with Gasteiger partial charge in [-0.1, -0.05) is 15.9 Å². The number of alkyl halides is 3. The largest absolute Gasteiger partial charge is 0.416 e. The van der Waals surface area contributed by atoms with Crippen molar-refractivity contribution in [2.24, 2.45) is 7.05 Å². The van der Waals surface area contributed by atoms with Crippen molar-refractivity contribution in [2.45, 2.75) is 12.7 Å². The predicted octanol–water partition coefficient (Wildman–Crippen LogP) is 4.42. The summed E-state index contributed by atoms with van der Waals surface area (Å²) in [6.07, 6.45) is -0.540. The number of benzene rings is 1. The minimum Gasteiger partial charge on any atom is -0.381 e. The van der Waals surface area contributed by atoms with Crippen LogP contribution in [0.15, 0.2) is 41.1 Å². The van der Waals surface area contributed by atoms with Crippen LogP contribution in [-0.2, 0) is 19.8 Å². The van der Waals surface area contributed by atoms with E-state index in [4.69, 9.17) is 0 Å². The molecule has 0 aliphatic heterocycles. The first-order chi connectivity index (χ1) is 8.84. The number of nitrogens with zero attached hydrogens (tertiary/aromatic N) is 1. The van der Waals surface area contributed by atoms with Crippen molar-refractivity contribution < 1.29 is 13.2 Å². The third-order valence-corrected chi connectivity index (χ3v) is 3.07. The molecule has 2 nitrogen and oxygen atoms in total. The van der Waals surface area contributed by atoms with Gasteiger partial charge in [-0.3, -0.25) is 0 Å². The summed E-state index contributed by atoms with van der Waals surface area (Å²) in [5.41, 5.74) is 0.777. The highest BCUT2D eigenvalue weighted by molar-refractivity contribution is 9.10. The van der Waals surface area contributed by atoms with Gasteiger partial charge in [0.05, 0.1) is 5.56 Å². The molecule has 1 heterocycles. The molecule has 0 saturated carbocycles. The highest BCUT2D eigenvalue weighted by Crippen LogP contribution is 2.33. The molecule has 2 rings (SSSR count). The molecule has 1 aromatic heterocycles. The van der Waals surface area contributed by atoms with E-state index in [2.05, 4.69) is 21.2 Å². The molecule has 1 N–H and O–H groups in total. The van der Waals surface area contributed by atoms with Gasteiger partial charge in [-0.05, 0) is 29.8 Å². The van der Waals surface area contributed by atoms with Gasteiger partial charge in [0.2, 0.25) is 0 Å². The first-order valence-corrected chi connectivity index (χ1v) is 6.36. The molecule has 0 radical (unpaired) electrons. The zero-order valence-corrected chi connectivity index (χ0v) is 11.7. The van der Waals surface area contributed by atoms with E-state index in [-0.39, 0.29) is 0 Å². The Bertz CT molecular complexity index is 576. The van der Waals surface area contributed by atoms with Crippen LogP contribution in [0.2, 0.25) is 0 Å². The average Bonchev–Trinajstić information content (AvgIpc) is 2.71. The fourth-order valence-corrected chi connectivity index (χ4v) is 2.22. The highest BCUT2D eigenvalue weighted by atomic mass is 79.9. The number of aryl methyl sites for hydroxylation is 1. The number of rotatable bonds is 3. The number of hydrogen-bond acceptors (Lipinski definition) is 1. The fourth-order valence-electron chi connectivity index (χ4n) is 1.72. The van der Waals surface area contributed by atoms with Crippen LogP contribution in [0, 0.1) is 0 Å². The third-order valence-electron chi connectivity index (χ3n) is 2.61. The van der Waals surface area contributed by atoms with Crippen molar-refractivity contribution in [3.8, 4) is 0 Å². The van der Waals surface area contributed by atoms with Crippen LogP contribution in [-0.4, -0.2) is 4.57 Å². The van der Waals surface area contributed by atoms with E-state index in [1.807, 2.05) is 30.1 Å². The van der Waals surface area contributed by atoms with Crippen molar-refractivity contribution in [1.29, 1.82) is 0 Å². The van der Waals surface area contributed by atoms with E-state index < -0.39 is 11.7 Å². The lowest BCUT2D eigenvalue weighted by Gasteiger charge is -2.11. The standard InChI is InChI=1S/C13H12BrF3N2/c1-19-3-2-9(8-19)7-18-12-5-10(13(15,16)17)4-11(14)6-12/h2-6,8,18H,7H2,1H3. The Morgan fingerprint density at radius 1 is 1.26 bits per heavy atom. The second-order valence-corrected chi connectivity index (χ2v) is 5.18. The van der Waals surface area contributed by atoms with Gasteiger partial charge in [-0.2, -0.15) is 13.2 Å². The lowest BCUT2D eigenvalue weighted by molar-refractivity contribution is -0.137. The van der Waals surface area contributed by atoms with Crippen molar-refractivity contribution in [1.82, 2.24) is 4.57 Å². The lowest BCUT2D eigenvalue weighted by atomic mass is 10.2. The quantitative estimate of drug-likeness (QED) is 0.880. The van der Waals surface area contributed by atoms with Crippen molar-refractivity contribution in [3.05, 3.63) is 52.3 Å². The van der Waals surface area contributed by atoms with Crippen LogP contribution in [0.1, 0.15) is 11.1 Å². The topological polar surface area (TPSA) is 17.0 Å². The number of nitrogens with one attached hydrogen (secondary N) is 1. The molecule has 0 saturated heterocycles. The van der Waals surface area contributed by atoms with Gasteiger partial charge in [-0.25, -0.2) is 0 Å². The number of anilines is 1. The molecule has 0 spiro atoms. The van der Waals surface area contributed by atoms with Crippen LogP contribution >= 0.6 is 15.9 Å². The predicted molar refractivity (Wildman–Crippen MR) is 71.9 cm³/mol. The van der Waals surface area contributed by atoms with Crippen LogP contribution in [0.25, 0.3) is 0 Å². The third kappa shape index (κ3) is 3.76. The van der Waals surface area contributed by atoms with Crippen LogP contribution < -0.4 is 5.32 Å². The Kier molecular flexibility index (Phi) is 3.89. The van der Waals surface area contributed by atoms with E-state index in [9.17, 15) is 13.2 Å². The molecular weight excluding hydrogens is 321 g/mol. The highest BCUT2D eigenvalue weighted by Gasteiger charge is 2.31. The smallest absolute Gasteiger partial charge is 0.381 e. The second kappa shape index (κ2) is 5.28. The second-order valence-electron chi connectivity index (χ2n) is 4.27. The van der Waals surface area contributed by atoms with Gasteiger partial charge >= 0.3 is 6.18 Å². The van der Waals surface area contributed by atoms with Gasteiger partial charge < -0.3 is 9.88 Å². The van der Waals surface area contributed by atoms with Gasteiger partial charge in [0, 0.05) is 36.1 Å². The van der Waals surface area contributed by atoms with Crippen molar-refractivity contribution in [2.75, 3.05) is 5.32 Å². The fraction of sp³-hybridized carbons (Fsp3) is 0.231. The molecule has 0 aliphatic carbocycles. The first-order valence-electron chi connectivity index (χ1n) is 5.57. The molecular formula is C13H12BrF3N2. The van der Waals surface area contributed by atoms with E-state index in [0.717, 1.165) is 17.7 Å². The molecule has 102 valence electrons. The maximum atomic E-state index is 12.7. The van der Waals surface area contributed by atoms with Gasteiger partial charge in [0.25, 0.3) is 0 Å². The van der Waals surface area contributed by atoms with E-state index in [0.29, 0.717) is 16.7 Å². The molecule has 0 atom stereocenters. The van der Waals surface area contributed by atoms with E-state index in [1.54, 1.807) is 6.07 Å². The molecule has 0 unspecified atom stereocenters. The first kappa shape index (κ1) is 14.0. The summed E-state index contributed by atoms with van der Waals surface area (Å²) < 4.78 is 40.3. The minimum atomic E-state index is -4.34. The Labute approximate surface area is 117 Å². The summed E-state index contributed by atoms with van der Waals surface area (Å²) in [4.78, 5) is 0. The van der Waals surface area contributed by atoms with Crippen LogP contribution in [0.4, 0.5) is 18.9 Å². The Morgan fingerprint density at radius 2 is 2.00 bits per heavy atom. The Morgan fingerprint density at radius 3 is 2.58 bits per heavy atom. The molecule has 0 fully saturated rings. The average molecular weight is 333 g/mol. The zero-order chi connectivity index (χ0) is 14.0. The van der Waals surface area contributed by atoms with Gasteiger partial charge in [0.15, 0.2) is 0 Å². The van der Waals surface area contributed by atoms with Crippen LogP contribution in [0.5, 0.6) is 0 Å². The van der Waals surface area contributed by atoms with Crippen molar-refractivity contribution in [3.63, 3.8) is 0 Å². The van der Waals surface area contributed by atoms with E-state index >= 15 is 0 Å². The van der Waals surface area contributed by atoms with Crippen molar-refractivity contribution >= 4 is 21.6 Å². The summed E-state index contributed by atoms with van der Waals surface area (Å²) >= 11 is 3.09. The molecule has 1 aromatic carbocycles. The molecule has 0 amide bonds. The normalized spacial score (nSPS) is 11.6. The van der Waals surface area contributed by atoms with E-state index in [1.165, 1.54) is 0 Å². The summed E-state index contributed by atoms with van der Waals surface area (Å²) in [7, 11) is 1.89. The SMILES string of the molecule is Cn1ccc(CNc2cc(Br)cc(C(F)(F)F)c2)c1. The number of aromatic nitrogens is 1. The summed E-state index contributed by atoms with van der Waals surface area (Å²) in [5, 5.41) is 2.98. The molecule has 2 aromatic rings. The number of halogens is 4. The number of hydrogen-bond donors (Lipinski definition) is 1. The molecule has 0 aliphatic rings. The summed E-state index contributed by atoms with van der Waals surface area (Å²) in [5.74, 6) is 0. The monoisotopic (exact) mass is 332 g/mol. The zero-order valence-electron chi connectivity index (χ0n) is 10.1. The maximum Gasteiger partial charge on any atom is 0.416 e. The Balaban J connectivity index is 2.14. The molecule has 19 heavy (non-hydrogen) atoms. The van der Waals surface area contributed by atoms with Crippen LogP contribution in [0.3, 0.4) is 0 Å². The van der Waals surface area contributed by atoms with Gasteiger partial charge in [0.1, 0.15) is 0 Å².